The molecular formula is C24H23Cl2NO3. The lowest BCUT2D eigenvalue weighted by Gasteiger charge is -2.24. The van der Waals surface area contributed by atoms with E-state index in [4.69, 9.17) is 23.2 Å². The summed E-state index contributed by atoms with van der Waals surface area (Å²) in [5, 5.41) is 11.0. The molecule has 0 spiro atoms. The molecule has 1 aromatic heterocycles. The van der Waals surface area contributed by atoms with Crippen molar-refractivity contribution in [2.45, 2.75) is 45.1 Å². The van der Waals surface area contributed by atoms with Crippen LogP contribution in [0.3, 0.4) is 0 Å². The number of aromatic nitrogens is 1. The average Bonchev–Trinajstić information content (AvgIpc) is 2.74. The van der Waals surface area contributed by atoms with Crippen molar-refractivity contribution in [1.82, 2.24) is 4.57 Å². The lowest BCUT2D eigenvalue weighted by Crippen LogP contribution is -2.22. The van der Waals surface area contributed by atoms with Crippen LogP contribution in [-0.2, 0) is 13.0 Å². The van der Waals surface area contributed by atoms with E-state index >= 15 is 0 Å². The van der Waals surface area contributed by atoms with Gasteiger partial charge < -0.3 is 9.67 Å². The number of benzene rings is 2. The first kappa shape index (κ1) is 21.0. The maximum Gasteiger partial charge on any atom is 0.341 e. The predicted octanol–water partition coefficient (Wildman–Crippen LogP) is 6.18. The van der Waals surface area contributed by atoms with Crippen molar-refractivity contribution in [1.29, 1.82) is 0 Å². The SMILES string of the molecule is O=C(O)c1cn(CC2CCCCC2)c2ccc(Cc3cccc(Cl)c3Cl)cc2c1=O. The van der Waals surface area contributed by atoms with Crippen LogP contribution in [0.25, 0.3) is 10.9 Å². The van der Waals surface area contributed by atoms with E-state index in [1.165, 1.54) is 25.5 Å². The van der Waals surface area contributed by atoms with Gasteiger partial charge in [-0.2, -0.15) is 0 Å². The highest BCUT2D eigenvalue weighted by Crippen LogP contribution is 2.29. The van der Waals surface area contributed by atoms with Crippen molar-refractivity contribution in [2.75, 3.05) is 0 Å². The minimum atomic E-state index is -1.19. The van der Waals surface area contributed by atoms with Crippen molar-refractivity contribution in [3.8, 4) is 0 Å². The van der Waals surface area contributed by atoms with E-state index in [9.17, 15) is 14.7 Å². The molecule has 0 aliphatic heterocycles. The first-order chi connectivity index (χ1) is 14.4. The molecule has 1 fully saturated rings. The summed E-state index contributed by atoms with van der Waals surface area (Å²) in [5.41, 5.74) is 1.89. The van der Waals surface area contributed by atoms with Crippen LogP contribution in [0.1, 0.15) is 53.6 Å². The zero-order valence-electron chi connectivity index (χ0n) is 16.5. The van der Waals surface area contributed by atoms with E-state index in [1.54, 1.807) is 12.1 Å². The summed E-state index contributed by atoms with van der Waals surface area (Å²) in [7, 11) is 0. The number of aromatic carboxylic acids is 1. The van der Waals surface area contributed by atoms with E-state index in [0.717, 1.165) is 36.0 Å². The number of halogens is 2. The Labute approximate surface area is 185 Å². The number of carboxylic acids is 1. The molecule has 0 radical (unpaired) electrons. The summed E-state index contributed by atoms with van der Waals surface area (Å²) >= 11 is 12.4. The van der Waals surface area contributed by atoms with Crippen LogP contribution in [-0.4, -0.2) is 15.6 Å². The summed E-state index contributed by atoms with van der Waals surface area (Å²) in [4.78, 5) is 24.6. The molecule has 1 aliphatic rings. The number of carboxylic acid groups (broad SMARTS) is 1. The fourth-order valence-electron chi connectivity index (χ4n) is 4.41. The number of hydrogen-bond acceptors (Lipinski definition) is 2. The molecule has 1 aliphatic carbocycles. The minimum absolute atomic E-state index is 0.184. The molecule has 4 nitrogen and oxygen atoms in total. The van der Waals surface area contributed by atoms with Crippen LogP contribution in [0.2, 0.25) is 10.0 Å². The number of hydrogen-bond donors (Lipinski definition) is 1. The Bertz CT molecular complexity index is 1160. The molecule has 6 heteroatoms. The van der Waals surface area contributed by atoms with Crippen molar-refractivity contribution >= 4 is 40.1 Å². The molecule has 4 rings (SSSR count). The standard InChI is InChI=1S/C24H23Cl2NO3/c25-20-8-4-7-17(22(20)26)11-16-9-10-21-18(12-16)23(28)19(24(29)30)14-27(21)13-15-5-2-1-3-6-15/h4,7-10,12,14-15H,1-3,5-6,11,13H2,(H,29,30). The Balaban J connectivity index is 1.77. The smallest absolute Gasteiger partial charge is 0.341 e. The van der Waals surface area contributed by atoms with Crippen LogP contribution >= 0.6 is 23.2 Å². The Hall–Kier alpha value is -2.30. The second-order valence-electron chi connectivity index (χ2n) is 8.07. The van der Waals surface area contributed by atoms with Gasteiger partial charge >= 0.3 is 5.97 Å². The van der Waals surface area contributed by atoms with Gasteiger partial charge in [0.25, 0.3) is 0 Å². The molecule has 0 atom stereocenters. The summed E-state index contributed by atoms with van der Waals surface area (Å²) in [5.74, 6) is -0.682. The fourth-order valence-corrected chi connectivity index (χ4v) is 4.80. The number of pyridine rings is 1. The molecular weight excluding hydrogens is 421 g/mol. The molecule has 2 aromatic carbocycles. The van der Waals surface area contributed by atoms with E-state index in [-0.39, 0.29) is 5.56 Å². The zero-order chi connectivity index (χ0) is 21.3. The number of fused-ring (bicyclic) bond motifs is 1. The van der Waals surface area contributed by atoms with Gasteiger partial charge in [0.15, 0.2) is 0 Å². The third-order valence-electron chi connectivity index (χ3n) is 5.98. The van der Waals surface area contributed by atoms with Crippen LogP contribution in [0.15, 0.2) is 47.4 Å². The van der Waals surface area contributed by atoms with Crippen LogP contribution in [0.4, 0.5) is 0 Å². The Kier molecular flexibility index (Phi) is 6.16. The van der Waals surface area contributed by atoms with Gasteiger partial charge in [0.05, 0.1) is 15.6 Å². The highest BCUT2D eigenvalue weighted by Gasteiger charge is 2.19. The van der Waals surface area contributed by atoms with Crippen LogP contribution in [0, 0.1) is 5.92 Å². The average molecular weight is 444 g/mol. The predicted molar refractivity (Wildman–Crippen MR) is 121 cm³/mol. The second-order valence-corrected chi connectivity index (χ2v) is 8.86. The Morgan fingerprint density at radius 3 is 2.60 bits per heavy atom. The Morgan fingerprint density at radius 1 is 1.10 bits per heavy atom. The van der Waals surface area contributed by atoms with Gasteiger partial charge in [-0.15, -0.1) is 0 Å². The van der Waals surface area contributed by atoms with Gasteiger partial charge in [0.1, 0.15) is 5.56 Å². The van der Waals surface area contributed by atoms with E-state index in [0.29, 0.717) is 27.8 Å². The zero-order valence-corrected chi connectivity index (χ0v) is 18.0. The van der Waals surface area contributed by atoms with Crippen LogP contribution < -0.4 is 5.43 Å². The molecule has 0 unspecified atom stereocenters. The van der Waals surface area contributed by atoms with E-state index in [2.05, 4.69) is 0 Å². The van der Waals surface area contributed by atoms with Gasteiger partial charge in [-0.1, -0.05) is 60.7 Å². The quantitative estimate of drug-likeness (QED) is 0.512. The maximum absolute atomic E-state index is 12.9. The fraction of sp³-hybridized carbons (Fsp3) is 0.333. The molecule has 30 heavy (non-hydrogen) atoms. The first-order valence-corrected chi connectivity index (χ1v) is 11.0. The number of nitrogens with zero attached hydrogens (tertiary/aromatic N) is 1. The van der Waals surface area contributed by atoms with Crippen molar-refractivity contribution in [3.05, 3.63) is 79.6 Å². The summed E-state index contributed by atoms with van der Waals surface area (Å²) < 4.78 is 1.95. The Morgan fingerprint density at radius 2 is 1.87 bits per heavy atom. The topological polar surface area (TPSA) is 59.3 Å². The molecule has 1 heterocycles. The first-order valence-electron chi connectivity index (χ1n) is 10.3. The van der Waals surface area contributed by atoms with Crippen molar-refractivity contribution in [3.63, 3.8) is 0 Å². The van der Waals surface area contributed by atoms with Gasteiger partial charge in [-0.25, -0.2) is 4.79 Å². The minimum Gasteiger partial charge on any atom is -0.477 e. The van der Waals surface area contributed by atoms with Gasteiger partial charge in [0.2, 0.25) is 5.43 Å². The van der Waals surface area contributed by atoms with Gasteiger partial charge in [0, 0.05) is 18.1 Å². The van der Waals surface area contributed by atoms with E-state index < -0.39 is 11.4 Å². The summed E-state index contributed by atoms with van der Waals surface area (Å²) in [6.45, 7) is 0.733. The molecule has 0 bridgehead atoms. The lowest BCUT2D eigenvalue weighted by molar-refractivity contribution is 0.0694. The highest BCUT2D eigenvalue weighted by atomic mass is 35.5. The second kappa shape index (κ2) is 8.83. The summed E-state index contributed by atoms with van der Waals surface area (Å²) in [6.07, 6.45) is 7.97. The molecule has 1 N–H and O–H groups in total. The number of carbonyl (C=O) groups is 1. The lowest BCUT2D eigenvalue weighted by atomic mass is 9.89. The normalized spacial score (nSPS) is 14.9. The van der Waals surface area contributed by atoms with Gasteiger partial charge in [-0.3, -0.25) is 4.79 Å². The molecule has 0 amide bonds. The van der Waals surface area contributed by atoms with Crippen molar-refractivity contribution in [2.24, 2.45) is 5.92 Å². The third kappa shape index (κ3) is 4.26. The molecule has 1 saturated carbocycles. The largest absolute Gasteiger partial charge is 0.477 e. The monoisotopic (exact) mass is 443 g/mol. The van der Waals surface area contributed by atoms with Crippen LogP contribution in [0.5, 0.6) is 0 Å². The van der Waals surface area contributed by atoms with Crippen molar-refractivity contribution < 1.29 is 9.90 Å². The maximum atomic E-state index is 12.9. The molecule has 0 saturated heterocycles. The highest BCUT2D eigenvalue weighted by molar-refractivity contribution is 6.42. The summed E-state index contributed by atoms with van der Waals surface area (Å²) in [6, 6.07) is 11.1. The van der Waals surface area contributed by atoms with E-state index in [1.807, 2.05) is 28.8 Å². The molecule has 3 aromatic rings. The third-order valence-corrected chi connectivity index (χ3v) is 6.84. The number of rotatable bonds is 5. The van der Waals surface area contributed by atoms with Gasteiger partial charge in [-0.05, 0) is 54.5 Å². The molecule has 156 valence electrons.